The van der Waals surface area contributed by atoms with Crippen molar-refractivity contribution in [1.29, 1.82) is 0 Å². The van der Waals surface area contributed by atoms with Crippen LogP contribution in [0.4, 0.5) is 4.39 Å². The normalized spacial score (nSPS) is 11.6. The fourth-order valence-corrected chi connectivity index (χ4v) is 2.35. The molecule has 0 aliphatic rings. The van der Waals surface area contributed by atoms with Gasteiger partial charge in [-0.05, 0) is 23.3 Å². The second-order valence-corrected chi connectivity index (χ2v) is 5.56. The van der Waals surface area contributed by atoms with E-state index >= 15 is 0 Å². The van der Waals surface area contributed by atoms with Crippen molar-refractivity contribution in [2.24, 2.45) is 0 Å². The first-order chi connectivity index (χ1) is 12.1. The number of carbonyl (C=O) groups is 2. The number of ether oxygens (including phenoxy) is 1. The number of amides is 1. The van der Waals surface area contributed by atoms with E-state index < -0.39 is 12.0 Å². The summed E-state index contributed by atoms with van der Waals surface area (Å²) in [7, 11) is 1.26. The third-order valence-electron chi connectivity index (χ3n) is 3.63. The van der Waals surface area contributed by atoms with Crippen LogP contribution in [-0.2, 0) is 27.3 Å². The molecule has 0 radical (unpaired) electrons. The van der Waals surface area contributed by atoms with E-state index in [2.05, 4.69) is 10.6 Å². The van der Waals surface area contributed by atoms with Crippen molar-refractivity contribution in [3.63, 3.8) is 0 Å². The fraction of sp³-hybridized carbons (Fsp3) is 0.263. The highest BCUT2D eigenvalue weighted by Gasteiger charge is 2.21. The Morgan fingerprint density at radius 1 is 1.04 bits per heavy atom. The SMILES string of the molecule is COC(=O)C(Cc1ccc(F)cc1)NC(=O)CNCc1ccccc1. The zero-order valence-electron chi connectivity index (χ0n) is 14.0. The molecule has 2 N–H and O–H groups in total. The third kappa shape index (κ3) is 6.35. The summed E-state index contributed by atoms with van der Waals surface area (Å²) in [5.41, 5.74) is 1.79. The van der Waals surface area contributed by atoms with E-state index in [9.17, 15) is 14.0 Å². The van der Waals surface area contributed by atoms with E-state index in [4.69, 9.17) is 4.74 Å². The molecule has 132 valence electrons. The van der Waals surface area contributed by atoms with Crippen molar-refractivity contribution < 1.29 is 18.7 Å². The van der Waals surface area contributed by atoms with E-state index in [0.717, 1.165) is 11.1 Å². The summed E-state index contributed by atoms with van der Waals surface area (Å²) in [6, 6.07) is 14.6. The molecule has 1 unspecified atom stereocenters. The molecule has 25 heavy (non-hydrogen) atoms. The molecule has 2 aromatic rings. The number of hydrogen-bond donors (Lipinski definition) is 2. The quantitative estimate of drug-likeness (QED) is 0.717. The van der Waals surface area contributed by atoms with Crippen molar-refractivity contribution in [2.45, 2.75) is 19.0 Å². The molecule has 2 aromatic carbocycles. The molecule has 0 aliphatic heterocycles. The van der Waals surface area contributed by atoms with Gasteiger partial charge in [-0.2, -0.15) is 0 Å². The van der Waals surface area contributed by atoms with Crippen molar-refractivity contribution in [2.75, 3.05) is 13.7 Å². The molecule has 6 heteroatoms. The summed E-state index contributed by atoms with van der Waals surface area (Å²) in [6.07, 6.45) is 0.234. The minimum absolute atomic E-state index is 0.0752. The van der Waals surface area contributed by atoms with E-state index in [1.807, 2.05) is 30.3 Å². The van der Waals surface area contributed by atoms with Crippen LogP contribution in [0.3, 0.4) is 0 Å². The Kier molecular flexibility index (Phi) is 7.10. The van der Waals surface area contributed by atoms with Crippen LogP contribution >= 0.6 is 0 Å². The van der Waals surface area contributed by atoms with Crippen LogP contribution in [0.15, 0.2) is 54.6 Å². The summed E-state index contributed by atoms with van der Waals surface area (Å²) < 4.78 is 17.7. The maximum Gasteiger partial charge on any atom is 0.328 e. The predicted molar refractivity (Wildman–Crippen MR) is 92.2 cm³/mol. The first-order valence-corrected chi connectivity index (χ1v) is 7.95. The average molecular weight is 344 g/mol. The van der Waals surface area contributed by atoms with E-state index in [1.54, 1.807) is 12.1 Å². The van der Waals surface area contributed by atoms with Crippen molar-refractivity contribution in [3.8, 4) is 0 Å². The lowest BCUT2D eigenvalue weighted by Crippen LogP contribution is -2.46. The molecule has 5 nitrogen and oxygen atoms in total. The molecule has 0 heterocycles. The van der Waals surface area contributed by atoms with Crippen LogP contribution < -0.4 is 10.6 Å². The van der Waals surface area contributed by atoms with Crippen LogP contribution in [0.2, 0.25) is 0 Å². The predicted octanol–water partition coefficient (Wildman–Crippen LogP) is 1.82. The summed E-state index contributed by atoms with van der Waals surface area (Å²) in [5, 5.41) is 5.67. The second kappa shape index (κ2) is 9.54. The summed E-state index contributed by atoms with van der Waals surface area (Å²) in [5.74, 6) is -1.21. The Bertz CT molecular complexity index is 690. The molecule has 0 bridgehead atoms. The monoisotopic (exact) mass is 344 g/mol. The summed E-state index contributed by atoms with van der Waals surface area (Å²) in [6.45, 7) is 0.626. The smallest absolute Gasteiger partial charge is 0.328 e. The lowest BCUT2D eigenvalue weighted by molar-refractivity contribution is -0.144. The van der Waals surface area contributed by atoms with Gasteiger partial charge in [0, 0.05) is 13.0 Å². The number of hydrogen-bond acceptors (Lipinski definition) is 4. The van der Waals surface area contributed by atoms with E-state index in [1.165, 1.54) is 19.2 Å². The van der Waals surface area contributed by atoms with Gasteiger partial charge in [0.05, 0.1) is 13.7 Å². The highest BCUT2D eigenvalue weighted by Crippen LogP contribution is 2.07. The molecule has 1 atom stereocenters. The molecule has 0 saturated carbocycles. The Hall–Kier alpha value is -2.73. The number of methoxy groups -OCH3 is 1. The molecular formula is C19H21FN2O3. The number of benzene rings is 2. The number of nitrogens with one attached hydrogen (secondary N) is 2. The Morgan fingerprint density at radius 3 is 2.36 bits per heavy atom. The van der Waals surface area contributed by atoms with Crippen molar-refractivity contribution >= 4 is 11.9 Å². The Morgan fingerprint density at radius 2 is 1.72 bits per heavy atom. The van der Waals surface area contributed by atoms with Gasteiger partial charge in [0.2, 0.25) is 5.91 Å². The summed E-state index contributed by atoms with van der Waals surface area (Å²) in [4.78, 5) is 23.9. The van der Waals surface area contributed by atoms with Gasteiger partial charge in [-0.15, -0.1) is 0 Å². The molecule has 2 rings (SSSR count). The van der Waals surface area contributed by atoms with Gasteiger partial charge in [-0.3, -0.25) is 4.79 Å². The highest BCUT2D eigenvalue weighted by atomic mass is 19.1. The zero-order valence-corrected chi connectivity index (χ0v) is 14.0. The first-order valence-electron chi connectivity index (χ1n) is 7.95. The fourth-order valence-electron chi connectivity index (χ4n) is 2.35. The highest BCUT2D eigenvalue weighted by molar-refractivity contribution is 5.85. The van der Waals surface area contributed by atoms with Crippen molar-refractivity contribution in [1.82, 2.24) is 10.6 Å². The van der Waals surface area contributed by atoms with E-state index in [0.29, 0.717) is 6.54 Å². The topological polar surface area (TPSA) is 67.4 Å². The number of rotatable bonds is 8. The lowest BCUT2D eigenvalue weighted by atomic mass is 10.1. The average Bonchev–Trinajstić information content (AvgIpc) is 2.63. The van der Waals surface area contributed by atoms with Crippen LogP contribution in [0.25, 0.3) is 0 Å². The molecule has 0 aliphatic carbocycles. The van der Waals surface area contributed by atoms with Gasteiger partial charge < -0.3 is 15.4 Å². The van der Waals surface area contributed by atoms with Crippen molar-refractivity contribution in [3.05, 3.63) is 71.5 Å². The third-order valence-corrected chi connectivity index (χ3v) is 3.63. The standard InChI is InChI=1S/C19H21FN2O3/c1-25-19(24)17(11-14-7-9-16(20)10-8-14)22-18(23)13-21-12-15-5-3-2-4-6-15/h2-10,17,21H,11-13H2,1H3,(H,22,23). The number of halogens is 1. The van der Waals surface area contributed by atoms with Crippen LogP contribution in [0.1, 0.15) is 11.1 Å². The van der Waals surface area contributed by atoms with Crippen LogP contribution in [0, 0.1) is 5.82 Å². The Balaban J connectivity index is 1.86. The lowest BCUT2D eigenvalue weighted by Gasteiger charge is -2.17. The van der Waals surface area contributed by atoms with Crippen LogP contribution in [0.5, 0.6) is 0 Å². The van der Waals surface area contributed by atoms with E-state index in [-0.39, 0.29) is 24.7 Å². The molecule has 1 amide bonds. The Labute approximate surface area is 146 Å². The second-order valence-electron chi connectivity index (χ2n) is 5.56. The van der Waals surface area contributed by atoms with Gasteiger partial charge in [-0.1, -0.05) is 42.5 Å². The van der Waals surface area contributed by atoms with Gasteiger partial charge >= 0.3 is 5.97 Å². The molecule has 0 spiro atoms. The first kappa shape index (κ1) is 18.6. The number of carbonyl (C=O) groups excluding carboxylic acids is 2. The van der Waals surface area contributed by atoms with Gasteiger partial charge in [0.15, 0.2) is 0 Å². The molecule has 0 saturated heterocycles. The van der Waals surface area contributed by atoms with Gasteiger partial charge in [-0.25, -0.2) is 9.18 Å². The zero-order chi connectivity index (χ0) is 18.1. The molecular weight excluding hydrogens is 323 g/mol. The molecule has 0 fully saturated rings. The minimum atomic E-state index is -0.818. The maximum atomic E-state index is 13.0. The number of esters is 1. The minimum Gasteiger partial charge on any atom is -0.467 e. The largest absolute Gasteiger partial charge is 0.467 e. The van der Waals surface area contributed by atoms with Gasteiger partial charge in [0.1, 0.15) is 11.9 Å². The summed E-state index contributed by atoms with van der Waals surface area (Å²) >= 11 is 0. The van der Waals surface area contributed by atoms with Crippen LogP contribution in [-0.4, -0.2) is 31.6 Å². The maximum absolute atomic E-state index is 13.0. The molecule has 0 aromatic heterocycles. The van der Waals surface area contributed by atoms with Gasteiger partial charge in [0.25, 0.3) is 0 Å².